The molecule has 92 valence electrons. The van der Waals surface area contributed by atoms with Crippen molar-refractivity contribution in [1.82, 2.24) is 5.32 Å². The number of amides is 1. The zero-order valence-corrected chi connectivity index (χ0v) is 10.00. The highest BCUT2D eigenvalue weighted by Gasteiger charge is 2.44. The number of rotatable bonds is 4. The molecule has 2 atom stereocenters. The summed E-state index contributed by atoms with van der Waals surface area (Å²) in [5.74, 6) is 0.351. The van der Waals surface area contributed by atoms with Crippen molar-refractivity contribution in [3.8, 4) is 0 Å². The van der Waals surface area contributed by atoms with Crippen LogP contribution in [0.25, 0.3) is 0 Å². The predicted molar refractivity (Wildman–Crippen MR) is 61.9 cm³/mol. The molecule has 0 radical (unpaired) electrons. The smallest absolute Gasteiger partial charge is 0.240 e. The Morgan fingerprint density at radius 2 is 2.19 bits per heavy atom. The van der Waals surface area contributed by atoms with E-state index < -0.39 is 5.54 Å². The van der Waals surface area contributed by atoms with Crippen LogP contribution in [0.2, 0.25) is 0 Å². The Balaban J connectivity index is 1.74. The minimum absolute atomic E-state index is 0.0239. The molecular weight excluding hydrogens is 204 g/mol. The maximum Gasteiger partial charge on any atom is 0.240 e. The normalized spacial score (nSPS) is 29.5. The van der Waals surface area contributed by atoms with Crippen LogP contribution in [0.4, 0.5) is 0 Å². The lowest BCUT2D eigenvalue weighted by molar-refractivity contribution is -0.127. The summed E-state index contributed by atoms with van der Waals surface area (Å²) in [4.78, 5) is 11.9. The van der Waals surface area contributed by atoms with Crippen LogP contribution in [0.5, 0.6) is 0 Å². The molecule has 1 amide bonds. The van der Waals surface area contributed by atoms with Crippen molar-refractivity contribution in [2.45, 2.75) is 50.7 Å². The van der Waals surface area contributed by atoms with E-state index in [1.165, 1.54) is 6.42 Å². The van der Waals surface area contributed by atoms with Crippen molar-refractivity contribution in [3.05, 3.63) is 0 Å². The van der Waals surface area contributed by atoms with Crippen molar-refractivity contribution in [1.29, 1.82) is 0 Å². The first-order valence-electron chi connectivity index (χ1n) is 6.29. The van der Waals surface area contributed by atoms with Gasteiger partial charge in [0.05, 0.1) is 11.6 Å². The summed E-state index contributed by atoms with van der Waals surface area (Å²) in [6, 6.07) is 0. The number of nitrogens with one attached hydrogen (secondary N) is 1. The van der Waals surface area contributed by atoms with Gasteiger partial charge in [-0.05, 0) is 44.9 Å². The van der Waals surface area contributed by atoms with Gasteiger partial charge in [0.1, 0.15) is 0 Å². The highest BCUT2D eigenvalue weighted by atomic mass is 16.5. The molecule has 1 saturated heterocycles. The molecule has 1 aliphatic heterocycles. The fourth-order valence-electron chi connectivity index (χ4n) is 2.23. The first-order valence-corrected chi connectivity index (χ1v) is 6.29. The molecule has 16 heavy (non-hydrogen) atoms. The molecule has 2 rings (SSSR count). The van der Waals surface area contributed by atoms with Gasteiger partial charge in [-0.15, -0.1) is 0 Å². The molecule has 2 fully saturated rings. The first kappa shape index (κ1) is 11.9. The molecule has 1 aliphatic carbocycles. The summed E-state index contributed by atoms with van der Waals surface area (Å²) in [6.07, 6.45) is 5.74. The molecule has 0 spiro atoms. The summed E-state index contributed by atoms with van der Waals surface area (Å²) in [5.41, 5.74) is 5.34. The zero-order chi connectivity index (χ0) is 11.6. The number of nitrogens with two attached hydrogens (primary N) is 1. The van der Waals surface area contributed by atoms with Crippen molar-refractivity contribution in [2.24, 2.45) is 11.7 Å². The van der Waals surface area contributed by atoms with E-state index in [2.05, 4.69) is 5.32 Å². The highest BCUT2D eigenvalue weighted by Crippen LogP contribution is 2.38. The van der Waals surface area contributed by atoms with Gasteiger partial charge in [0, 0.05) is 13.2 Å². The largest absolute Gasteiger partial charge is 0.376 e. The molecular formula is C12H22N2O2. The van der Waals surface area contributed by atoms with Gasteiger partial charge in [-0.2, -0.15) is 0 Å². The van der Waals surface area contributed by atoms with Crippen molar-refractivity contribution in [3.63, 3.8) is 0 Å². The number of ether oxygens (including phenoxy) is 1. The Kier molecular flexibility index (Phi) is 3.50. The van der Waals surface area contributed by atoms with E-state index in [0.29, 0.717) is 12.5 Å². The van der Waals surface area contributed by atoms with E-state index in [0.717, 1.165) is 32.3 Å². The Labute approximate surface area is 96.9 Å². The Bertz CT molecular complexity index is 256. The monoisotopic (exact) mass is 226 g/mol. The second kappa shape index (κ2) is 4.72. The number of hydrogen-bond donors (Lipinski definition) is 2. The number of carbonyl (C=O) groups excluding carboxylic acids is 1. The zero-order valence-electron chi connectivity index (χ0n) is 10.00. The van der Waals surface area contributed by atoms with Crippen molar-refractivity contribution >= 4 is 5.91 Å². The average molecular weight is 226 g/mol. The minimum Gasteiger partial charge on any atom is -0.376 e. The van der Waals surface area contributed by atoms with E-state index in [4.69, 9.17) is 10.5 Å². The summed E-state index contributed by atoms with van der Waals surface area (Å²) in [7, 11) is 0. The first-order chi connectivity index (χ1) is 7.60. The van der Waals surface area contributed by atoms with Crippen LogP contribution in [0.1, 0.15) is 39.0 Å². The van der Waals surface area contributed by atoms with Crippen LogP contribution < -0.4 is 11.1 Å². The maximum absolute atomic E-state index is 11.9. The van der Waals surface area contributed by atoms with Crippen molar-refractivity contribution < 1.29 is 9.53 Å². The van der Waals surface area contributed by atoms with Crippen LogP contribution in [-0.2, 0) is 9.53 Å². The lowest BCUT2D eigenvalue weighted by Crippen LogP contribution is -2.54. The molecule has 0 aromatic rings. The lowest BCUT2D eigenvalue weighted by Gasteiger charge is -2.27. The lowest BCUT2D eigenvalue weighted by atomic mass is 9.96. The van der Waals surface area contributed by atoms with Gasteiger partial charge >= 0.3 is 0 Å². The van der Waals surface area contributed by atoms with Gasteiger partial charge in [0.25, 0.3) is 0 Å². The SMILES string of the molecule is CC(N)(C(=O)NCC1CCCCO1)C1CC1. The number of carbonyl (C=O) groups is 1. The second-order valence-electron chi connectivity index (χ2n) is 5.26. The summed E-state index contributed by atoms with van der Waals surface area (Å²) in [5, 5.41) is 2.93. The van der Waals surface area contributed by atoms with Gasteiger partial charge in [-0.1, -0.05) is 0 Å². The minimum atomic E-state index is -0.686. The highest BCUT2D eigenvalue weighted by molar-refractivity contribution is 5.86. The Hall–Kier alpha value is -0.610. The maximum atomic E-state index is 11.9. The second-order valence-corrected chi connectivity index (χ2v) is 5.26. The van der Waals surface area contributed by atoms with Crippen LogP contribution in [0.3, 0.4) is 0 Å². The fourth-order valence-corrected chi connectivity index (χ4v) is 2.23. The molecule has 0 bridgehead atoms. The molecule has 1 saturated carbocycles. The Morgan fingerprint density at radius 1 is 1.44 bits per heavy atom. The van der Waals surface area contributed by atoms with Crippen LogP contribution >= 0.6 is 0 Å². The standard InChI is InChI=1S/C12H22N2O2/c1-12(13,9-5-6-9)11(15)14-8-10-4-2-3-7-16-10/h9-10H,2-8,13H2,1H3,(H,14,15). The summed E-state index contributed by atoms with van der Waals surface area (Å²) >= 11 is 0. The topological polar surface area (TPSA) is 64.4 Å². The molecule has 4 nitrogen and oxygen atoms in total. The predicted octanol–water partition coefficient (Wildman–Crippen LogP) is 0.799. The van der Waals surface area contributed by atoms with Gasteiger partial charge in [0.15, 0.2) is 0 Å². The van der Waals surface area contributed by atoms with Crippen LogP contribution in [0.15, 0.2) is 0 Å². The van der Waals surface area contributed by atoms with E-state index in [1.807, 2.05) is 6.92 Å². The van der Waals surface area contributed by atoms with Crippen LogP contribution in [0, 0.1) is 5.92 Å². The third kappa shape index (κ3) is 2.74. The fraction of sp³-hybridized carbons (Fsp3) is 0.917. The average Bonchev–Trinajstić information content (AvgIpc) is 3.11. The third-order valence-corrected chi connectivity index (χ3v) is 3.68. The molecule has 2 aliphatic rings. The van der Waals surface area contributed by atoms with E-state index in [1.54, 1.807) is 0 Å². The van der Waals surface area contributed by atoms with Gasteiger partial charge < -0.3 is 15.8 Å². The van der Waals surface area contributed by atoms with E-state index >= 15 is 0 Å². The molecule has 4 heteroatoms. The van der Waals surface area contributed by atoms with E-state index in [9.17, 15) is 4.79 Å². The molecule has 0 aromatic heterocycles. The van der Waals surface area contributed by atoms with E-state index in [-0.39, 0.29) is 12.0 Å². The van der Waals surface area contributed by atoms with Gasteiger partial charge in [-0.25, -0.2) is 0 Å². The molecule has 0 aromatic carbocycles. The van der Waals surface area contributed by atoms with Gasteiger partial charge in [0.2, 0.25) is 5.91 Å². The third-order valence-electron chi connectivity index (χ3n) is 3.68. The number of hydrogen-bond acceptors (Lipinski definition) is 3. The summed E-state index contributed by atoms with van der Waals surface area (Å²) in [6.45, 7) is 3.27. The summed E-state index contributed by atoms with van der Waals surface area (Å²) < 4.78 is 5.56. The van der Waals surface area contributed by atoms with Gasteiger partial charge in [-0.3, -0.25) is 4.79 Å². The quantitative estimate of drug-likeness (QED) is 0.745. The van der Waals surface area contributed by atoms with Crippen LogP contribution in [-0.4, -0.2) is 30.7 Å². The Morgan fingerprint density at radius 3 is 2.75 bits per heavy atom. The molecule has 2 unspecified atom stereocenters. The molecule has 1 heterocycles. The molecule has 3 N–H and O–H groups in total. The van der Waals surface area contributed by atoms with Crippen molar-refractivity contribution in [2.75, 3.05) is 13.2 Å².